The number of amides is 1. The van der Waals surface area contributed by atoms with Gasteiger partial charge in [-0.05, 0) is 56.4 Å². The molecule has 0 bridgehead atoms. The van der Waals surface area contributed by atoms with E-state index in [0.717, 1.165) is 12.8 Å². The highest BCUT2D eigenvalue weighted by molar-refractivity contribution is 5.92. The summed E-state index contributed by atoms with van der Waals surface area (Å²) in [4.78, 5) is 23.4. The number of carbonyl (C=O) groups excluding carboxylic acids is 2. The molecule has 0 saturated carbocycles. The molecule has 0 aliphatic heterocycles. The summed E-state index contributed by atoms with van der Waals surface area (Å²) in [6, 6.07) is 6.77. The van der Waals surface area contributed by atoms with Crippen molar-refractivity contribution in [1.82, 2.24) is 0 Å². The molecular formula is C26H41NO3. The average molecular weight is 416 g/mol. The van der Waals surface area contributed by atoms with Gasteiger partial charge in [-0.2, -0.15) is 0 Å². The monoisotopic (exact) mass is 415 g/mol. The Morgan fingerprint density at radius 1 is 0.800 bits per heavy atom. The molecule has 0 saturated heterocycles. The first-order chi connectivity index (χ1) is 14.7. The van der Waals surface area contributed by atoms with Gasteiger partial charge in [-0.1, -0.05) is 70.4 Å². The summed E-state index contributed by atoms with van der Waals surface area (Å²) in [6.07, 6.45) is 21.5. The Balaban J connectivity index is 1.95. The van der Waals surface area contributed by atoms with Crippen LogP contribution in [0.2, 0.25) is 0 Å². The molecule has 0 heterocycles. The third kappa shape index (κ3) is 13.2. The van der Waals surface area contributed by atoms with Crippen molar-refractivity contribution in [2.75, 3.05) is 12.4 Å². The van der Waals surface area contributed by atoms with E-state index in [1.165, 1.54) is 77.7 Å². The molecule has 0 aliphatic rings. The largest absolute Gasteiger partial charge is 0.465 e. The van der Waals surface area contributed by atoms with Crippen LogP contribution >= 0.6 is 0 Å². The van der Waals surface area contributed by atoms with Crippen molar-refractivity contribution < 1.29 is 14.3 Å². The maximum atomic E-state index is 12.0. The first kappa shape index (κ1) is 25.9. The van der Waals surface area contributed by atoms with Crippen LogP contribution in [0.3, 0.4) is 0 Å². The lowest BCUT2D eigenvalue weighted by Crippen LogP contribution is -2.11. The highest BCUT2D eigenvalue weighted by Gasteiger charge is 2.06. The first-order valence-corrected chi connectivity index (χ1v) is 11.8. The average Bonchev–Trinajstić information content (AvgIpc) is 2.76. The smallest absolute Gasteiger partial charge is 0.337 e. The van der Waals surface area contributed by atoms with E-state index < -0.39 is 0 Å². The molecule has 1 aromatic carbocycles. The van der Waals surface area contributed by atoms with Gasteiger partial charge >= 0.3 is 5.97 Å². The van der Waals surface area contributed by atoms with Crippen LogP contribution in [0.25, 0.3) is 0 Å². The number of rotatable bonds is 17. The molecule has 0 fully saturated rings. The molecule has 1 N–H and O–H groups in total. The summed E-state index contributed by atoms with van der Waals surface area (Å²) in [5.74, 6) is -0.348. The predicted octanol–water partition coefficient (Wildman–Crippen LogP) is 7.45. The third-order valence-electron chi connectivity index (χ3n) is 5.26. The van der Waals surface area contributed by atoms with E-state index in [1.54, 1.807) is 24.3 Å². The molecule has 0 aliphatic carbocycles. The van der Waals surface area contributed by atoms with Crippen molar-refractivity contribution in [1.29, 1.82) is 0 Å². The van der Waals surface area contributed by atoms with Crippen LogP contribution < -0.4 is 5.32 Å². The van der Waals surface area contributed by atoms with Gasteiger partial charge in [-0.3, -0.25) is 4.79 Å². The Morgan fingerprint density at radius 3 is 1.90 bits per heavy atom. The van der Waals surface area contributed by atoms with Crippen LogP contribution in [0.5, 0.6) is 0 Å². The Bertz CT molecular complexity index is 607. The van der Waals surface area contributed by atoms with E-state index in [-0.39, 0.29) is 11.9 Å². The van der Waals surface area contributed by atoms with Gasteiger partial charge in [0.15, 0.2) is 0 Å². The summed E-state index contributed by atoms with van der Waals surface area (Å²) in [7, 11) is 1.35. The van der Waals surface area contributed by atoms with E-state index in [2.05, 4.69) is 29.1 Å². The van der Waals surface area contributed by atoms with Gasteiger partial charge in [0.25, 0.3) is 0 Å². The van der Waals surface area contributed by atoms with Gasteiger partial charge in [0.1, 0.15) is 0 Å². The van der Waals surface area contributed by atoms with Gasteiger partial charge in [0.05, 0.1) is 12.7 Å². The van der Waals surface area contributed by atoms with Crippen molar-refractivity contribution in [3.63, 3.8) is 0 Å². The molecule has 0 unspecified atom stereocenters. The van der Waals surface area contributed by atoms with Crippen LogP contribution in [-0.2, 0) is 9.53 Å². The standard InChI is InChI=1S/C26H41NO3/c1-3-4-5-6-7-8-9-10-11-12-13-14-15-16-17-18-25(28)27-24-21-19-23(20-22-24)26(29)30-2/h10-11,19-22H,3-9,12-18H2,1-2H3,(H,27,28)/b11-10-. The molecule has 0 spiro atoms. The SMILES string of the molecule is CCCCCCCC/C=C\CCCCCCCC(=O)Nc1ccc(C(=O)OC)cc1. The minimum absolute atomic E-state index is 0.0263. The molecular weight excluding hydrogens is 374 g/mol. The summed E-state index contributed by atoms with van der Waals surface area (Å²) in [5, 5.41) is 2.88. The topological polar surface area (TPSA) is 55.4 Å². The van der Waals surface area contributed by atoms with E-state index in [0.29, 0.717) is 17.7 Å². The second-order valence-corrected chi connectivity index (χ2v) is 7.95. The Hall–Kier alpha value is -2.10. The van der Waals surface area contributed by atoms with Crippen molar-refractivity contribution in [2.24, 2.45) is 0 Å². The fourth-order valence-electron chi connectivity index (χ4n) is 3.39. The van der Waals surface area contributed by atoms with Crippen LogP contribution in [0.1, 0.15) is 107 Å². The molecule has 4 heteroatoms. The molecule has 1 rings (SSSR count). The van der Waals surface area contributed by atoms with Crippen LogP contribution in [0.4, 0.5) is 5.69 Å². The Labute approximate surface area is 183 Å². The predicted molar refractivity (Wildman–Crippen MR) is 126 cm³/mol. The highest BCUT2D eigenvalue weighted by Crippen LogP contribution is 2.13. The minimum atomic E-state index is -0.374. The molecule has 4 nitrogen and oxygen atoms in total. The number of esters is 1. The zero-order valence-corrected chi connectivity index (χ0v) is 19.1. The summed E-state index contributed by atoms with van der Waals surface area (Å²) < 4.78 is 4.66. The third-order valence-corrected chi connectivity index (χ3v) is 5.26. The molecule has 1 amide bonds. The Kier molecular flexibility index (Phi) is 15.3. The summed E-state index contributed by atoms with van der Waals surface area (Å²) >= 11 is 0. The highest BCUT2D eigenvalue weighted by atomic mass is 16.5. The van der Waals surface area contributed by atoms with Crippen LogP contribution in [0.15, 0.2) is 36.4 Å². The number of unbranched alkanes of at least 4 members (excludes halogenated alkanes) is 11. The normalized spacial score (nSPS) is 11.0. The van der Waals surface area contributed by atoms with Gasteiger partial charge in [-0.15, -0.1) is 0 Å². The van der Waals surface area contributed by atoms with Gasteiger partial charge in [0.2, 0.25) is 5.91 Å². The lowest BCUT2D eigenvalue weighted by molar-refractivity contribution is -0.116. The van der Waals surface area contributed by atoms with Gasteiger partial charge in [0, 0.05) is 12.1 Å². The van der Waals surface area contributed by atoms with E-state index in [9.17, 15) is 9.59 Å². The molecule has 0 aromatic heterocycles. The molecule has 0 atom stereocenters. The van der Waals surface area contributed by atoms with Crippen molar-refractivity contribution >= 4 is 17.6 Å². The maximum Gasteiger partial charge on any atom is 0.337 e. The summed E-state index contributed by atoms with van der Waals surface area (Å²) in [6.45, 7) is 2.26. The fraction of sp³-hybridized carbons (Fsp3) is 0.615. The van der Waals surface area contributed by atoms with E-state index in [4.69, 9.17) is 0 Å². The van der Waals surface area contributed by atoms with Crippen molar-refractivity contribution in [3.8, 4) is 0 Å². The fourth-order valence-corrected chi connectivity index (χ4v) is 3.39. The first-order valence-electron chi connectivity index (χ1n) is 11.8. The van der Waals surface area contributed by atoms with Crippen molar-refractivity contribution in [2.45, 2.75) is 96.8 Å². The Morgan fingerprint density at radius 2 is 1.33 bits per heavy atom. The molecule has 1 aromatic rings. The number of anilines is 1. The summed E-state index contributed by atoms with van der Waals surface area (Å²) in [5.41, 5.74) is 1.19. The zero-order valence-electron chi connectivity index (χ0n) is 19.1. The number of allylic oxidation sites excluding steroid dienone is 2. The molecule has 30 heavy (non-hydrogen) atoms. The minimum Gasteiger partial charge on any atom is -0.465 e. The lowest BCUT2D eigenvalue weighted by atomic mass is 10.1. The number of methoxy groups -OCH3 is 1. The number of ether oxygens (including phenoxy) is 1. The van der Waals surface area contributed by atoms with Crippen LogP contribution in [-0.4, -0.2) is 19.0 Å². The van der Waals surface area contributed by atoms with Gasteiger partial charge in [-0.25, -0.2) is 4.79 Å². The number of hydrogen-bond acceptors (Lipinski definition) is 3. The second-order valence-electron chi connectivity index (χ2n) is 7.95. The van der Waals surface area contributed by atoms with Gasteiger partial charge < -0.3 is 10.1 Å². The van der Waals surface area contributed by atoms with E-state index in [1.807, 2.05) is 0 Å². The number of benzene rings is 1. The van der Waals surface area contributed by atoms with E-state index >= 15 is 0 Å². The quantitative estimate of drug-likeness (QED) is 0.163. The zero-order chi connectivity index (χ0) is 21.9. The maximum absolute atomic E-state index is 12.0. The second kappa shape index (κ2) is 17.7. The van der Waals surface area contributed by atoms with Crippen LogP contribution in [0, 0.1) is 0 Å². The molecule has 168 valence electrons. The lowest BCUT2D eigenvalue weighted by Gasteiger charge is -2.06. The number of carbonyl (C=O) groups is 2. The van der Waals surface area contributed by atoms with Crippen molar-refractivity contribution in [3.05, 3.63) is 42.0 Å². The number of nitrogens with one attached hydrogen (secondary N) is 1. The molecule has 0 radical (unpaired) electrons. The number of hydrogen-bond donors (Lipinski definition) is 1.